The van der Waals surface area contributed by atoms with Crippen molar-refractivity contribution in [1.82, 2.24) is 10.2 Å². The van der Waals surface area contributed by atoms with E-state index in [1.54, 1.807) is 0 Å². The highest BCUT2D eigenvalue weighted by Crippen LogP contribution is 2.39. The van der Waals surface area contributed by atoms with Gasteiger partial charge in [0, 0.05) is 30.2 Å². The van der Waals surface area contributed by atoms with Crippen molar-refractivity contribution in [2.75, 3.05) is 33.4 Å². The summed E-state index contributed by atoms with van der Waals surface area (Å²) < 4.78 is 4.90. The predicted molar refractivity (Wildman–Crippen MR) is 111 cm³/mol. The van der Waals surface area contributed by atoms with Crippen LogP contribution in [0.2, 0.25) is 10.0 Å². The van der Waals surface area contributed by atoms with Crippen molar-refractivity contribution in [3.05, 3.63) is 69.2 Å². The first-order chi connectivity index (χ1) is 13.5. The van der Waals surface area contributed by atoms with Crippen molar-refractivity contribution in [3.8, 4) is 0 Å². The third-order valence-corrected chi connectivity index (χ3v) is 5.45. The van der Waals surface area contributed by atoms with Crippen LogP contribution in [0.1, 0.15) is 22.7 Å². The van der Waals surface area contributed by atoms with Gasteiger partial charge in [-0.05, 0) is 41.3 Å². The molecule has 150 valence electrons. The van der Waals surface area contributed by atoms with E-state index in [2.05, 4.69) is 5.32 Å². The van der Waals surface area contributed by atoms with Gasteiger partial charge < -0.3 is 20.1 Å². The zero-order chi connectivity index (χ0) is 20.1. The molecule has 1 amide bonds. The molecular weight excluding hydrogens is 399 g/mol. The van der Waals surface area contributed by atoms with Crippen LogP contribution in [0.15, 0.2) is 42.5 Å². The fourth-order valence-corrected chi connectivity index (χ4v) is 4.01. The Morgan fingerprint density at radius 1 is 1.29 bits per heavy atom. The summed E-state index contributed by atoms with van der Waals surface area (Å²) in [5.74, 6) is -0.0554. The number of benzene rings is 2. The Bertz CT molecular complexity index is 831. The largest absolute Gasteiger partial charge is 0.389 e. The van der Waals surface area contributed by atoms with Crippen molar-refractivity contribution in [1.29, 1.82) is 0 Å². The van der Waals surface area contributed by atoms with Crippen LogP contribution in [-0.4, -0.2) is 55.4 Å². The number of nitrogens with zero attached hydrogens (tertiary/aromatic N) is 1. The molecule has 2 aromatic carbocycles. The Labute approximate surface area is 175 Å². The maximum Gasteiger partial charge on any atom is 0.237 e. The van der Waals surface area contributed by atoms with Gasteiger partial charge in [0.05, 0.1) is 25.3 Å². The smallest absolute Gasteiger partial charge is 0.237 e. The molecule has 3 rings (SSSR count). The summed E-state index contributed by atoms with van der Waals surface area (Å²) in [4.78, 5) is 14.8. The van der Waals surface area contributed by atoms with E-state index in [0.717, 1.165) is 17.5 Å². The highest BCUT2D eigenvalue weighted by atomic mass is 35.5. The number of ether oxygens (including phenoxy) is 1. The summed E-state index contributed by atoms with van der Waals surface area (Å²) in [7, 11) is 1.53. The van der Waals surface area contributed by atoms with Gasteiger partial charge in [0.15, 0.2) is 0 Å². The number of methoxy groups -OCH3 is 1. The molecule has 0 spiro atoms. The molecule has 7 heteroatoms. The van der Waals surface area contributed by atoms with Crippen molar-refractivity contribution < 1.29 is 14.6 Å². The molecule has 0 fully saturated rings. The molecule has 5 nitrogen and oxygen atoms in total. The first-order valence-electron chi connectivity index (χ1n) is 9.21. The monoisotopic (exact) mass is 422 g/mol. The van der Waals surface area contributed by atoms with Crippen molar-refractivity contribution in [3.63, 3.8) is 0 Å². The molecule has 1 aliphatic heterocycles. The van der Waals surface area contributed by atoms with Crippen LogP contribution in [0.25, 0.3) is 0 Å². The molecule has 2 aromatic rings. The maximum absolute atomic E-state index is 13.0. The standard InChI is InChI=1S/C21H24Cl2N2O3/c1-28-13-16(26)11-24-12-20(27)25-9-8-14-6-7-15(22)10-18(14)21(25)17-4-2-3-5-19(17)23/h2-7,10,16,21,24,26H,8-9,11-13H2,1H3/t16-,21?/m0/s1. The summed E-state index contributed by atoms with van der Waals surface area (Å²) in [5, 5.41) is 14.0. The van der Waals surface area contributed by atoms with Gasteiger partial charge in [0.2, 0.25) is 5.91 Å². The fraction of sp³-hybridized carbons (Fsp3) is 0.381. The molecule has 0 radical (unpaired) electrons. The van der Waals surface area contributed by atoms with E-state index >= 15 is 0 Å². The topological polar surface area (TPSA) is 61.8 Å². The van der Waals surface area contributed by atoms with Crippen LogP contribution in [0, 0.1) is 0 Å². The minimum Gasteiger partial charge on any atom is -0.389 e. The molecule has 28 heavy (non-hydrogen) atoms. The third-order valence-electron chi connectivity index (χ3n) is 4.87. The lowest BCUT2D eigenvalue weighted by molar-refractivity contribution is -0.132. The van der Waals surface area contributed by atoms with E-state index in [4.69, 9.17) is 27.9 Å². The maximum atomic E-state index is 13.0. The number of nitrogens with one attached hydrogen (secondary N) is 1. The quantitative estimate of drug-likeness (QED) is 0.719. The van der Waals surface area contributed by atoms with Gasteiger partial charge >= 0.3 is 0 Å². The van der Waals surface area contributed by atoms with E-state index < -0.39 is 6.10 Å². The molecule has 0 aliphatic carbocycles. The number of rotatable bonds is 7. The van der Waals surface area contributed by atoms with Gasteiger partial charge in [-0.25, -0.2) is 0 Å². The molecule has 1 heterocycles. The average molecular weight is 423 g/mol. The Hall–Kier alpha value is -1.63. The fourth-order valence-electron chi connectivity index (χ4n) is 3.59. The zero-order valence-electron chi connectivity index (χ0n) is 15.7. The second-order valence-corrected chi connectivity index (χ2v) is 7.69. The van der Waals surface area contributed by atoms with Gasteiger partial charge in [0.1, 0.15) is 0 Å². The molecule has 0 aromatic heterocycles. The van der Waals surface area contributed by atoms with Crippen LogP contribution < -0.4 is 5.32 Å². The van der Waals surface area contributed by atoms with E-state index in [9.17, 15) is 9.90 Å². The normalized spacial score (nSPS) is 17.3. The van der Waals surface area contributed by atoms with Crippen LogP contribution in [0.4, 0.5) is 0 Å². The summed E-state index contributed by atoms with van der Waals surface area (Å²) in [5.41, 5.74) is 3.04. The summed E-state index contributed by atoms with van der Waals surface area (Å²) in [6.07, 6.45) is 0.101. The zero-order valence-corrected chi connectivity index (χ0v) is 17.2. The van der Waals surface area contributed by atoms with E-state index in [1.807, 2.05) is 47.4 Å². The molecule has 0 saturated heterocycles. The molecule has 1 unspecified atom stereocenters. The number of hydrogen-bond acceptors (Lipinski definition) is 4. The van der Waals surface area contributed by atoms with Crippen LogP contribution >= 0.6 is 23.2 Å². The van der Waals surface area contributed by atoms with Crippen LogP contribution in [0.3, 0.4) is 0 Å². The lowest BCUT2D eigenvalue weighted by atomic mass is 9.88. The molecule has 2 atom stereocenters. The van der Waals surface area contributed by atoms with Crippen LogP contribution in [-0.2, 0) is 16.0 Å². The van der Waals surface area contributed by atoms with E-state index in [0.29, 0.717) is 16.6 Å². The minimum atomic E-state index is -0.655. The van der Waals surface area contributed by atoms with Gasteiger partial charge in [-0.3, -0.25) is 4.79 Å². The number of carbonyl (C=O) groups is 1. The molecular formula is C21H24Cl2N2O3. The lowest BCUT2D eigenvalue weighted by Gasteiger charge is -2.38. The molecule has 0 bridgehead atoms. The number of hydrogen-bond donors (Lipinski definition) is 2. The number of amides is 1. The lowest BCUT2D eigenvalue weighted by Crippen LogP contribution is -2.45. The number of aliphatic hydroxyl groups is 1. The summed E-state index contributed by atoms with van der Waals surface area (Å²) in [6, 6.07) is 13.1. The number of aliphatic hydroxyl groups excluding tert-OH is 1. The second kappa shape index (κ2) is 9.72. The van der Waals surface area contributed by atoms with E-state index in [1.165, 1.54) is 12.7 Å². The van der Waals surface area contributed by atoms with Gasteiger partial charge in [0.25, 0.3) is 0 Å². The Kier molecular flexibility index (Phi) is 7.32. The highest BCUT2D eigenvalue weighted by Gasteiger charge is 2.33. The Morgan fingerprint density at radius 3 is 2.82 bits per heavy atom. The predicted octanol–water partition coefficient (Wildman–Crippen LogP) is 3.06. The van der Waals surface area contributed by atoms with Gasteiger partial charge in [-0.15, -0.1) is 0 Å². The van der Waals surface area contributed by atoms with Gasteiger partial charge in [-0.2, -0.15) is 0 Å². The number of fused-ring (bicyclic) bond motifs is 1. The first kappa shape index (κ1) is 21.1. The Balaban J connectivity index is 1.85. The minimum absolute atomic E-state index is 0.0554. The van der Waals surface area contributed by atoms with Crippen LogP contribution in [0.5, 0.6) is 0 Å². The number of carbonyl (C=O) groups excluding carboxylic acids is 1. The molecule has 1 aliphatic rings. The molecule has 0 saturated carbocycles. The summed E-state index contributed by atoms with van der Waals surface area (Å²) >= 11 is 12.7. The first-order valence-corrected chi connectivity index (χ1v) is 9.96. The Morgan fingerprint density at radius 2 is 2.07 bits per heavy atom. The van der Waals surface area contributed by atoms with E-state index in [-0.39, 0.29) is 31.6 Å². The third kappa shape index (κ3) is 4.85. The SMILES string of the molecule is COC[C@@H](O)CNCC(=O)N1CCc2ccc(Cl)cc2C1c1ccccc1Cl. The van der Waals surface area contributed by atoms with Crippen molar-refractivity contribution in [2.24, 2.45) is 0 Å². The second-order valence-electron chi connectivity index (χ2n) is 6.84. The van der Waals surface area contributed by atoms with Crippen molar-refractivity contribution in [2.45, 2.75) is 18.6 Å². The van der Waals surface area contributed by atoms with Gasteiger partial charge in [-0.1, -0.05) is 47.5 Å². The molecule has 2 N–H and O–H groups in total. The summed E-state index contributed by atoms with van der Waals surface area (Å²) in [6.45, 7) is 1.22. The highest BCUT2D eigenvalue weighted by molar-refractivity contribution is 6.31. The average Bonchev–Trinajstić information content (AvgIpc) is 2.67. The number of halogens is 2. The van der Waals surface area contributed by atoms with Crippen molar-refractivity contribution >= 4 is 29.1 Å².